The van der Waals surface area contributed by atoms with E-state index in [4.69, 9.17) is 14.2 Å². The Balaban J connectivity index is 1.52. The summed E-state index contributed by atoms with van der Waals surface area (Å²) in [5.74, 6) is -3.05. The molecule has 0 N–H and O–H groups in total. The lowest BCUT2D eigenvalue weighted by Crippen LogP contribution is -2.46. The van der Waals surface area contributed by atoms with Gasteiger partial charge in [0.15, 0.2) is 5.78 Å². The Labute approximate surface area is 301 Å². The molecule has 2 amide bonds. The number of esters is 1. The van der Waals surface area contributed by atoms with Gasteiger partial charge in [-0.1, -0.05) is 97.1 Å². The molecule has 0 aromatic heterocycles. The minimum absolute atomic E-state index is 0.0888. The van der Waals surface area contributed by atoms with Crippen LogP contribution in [0.3, 0.4) is 0 Å². The number of imide groups is 1. The van der Waals surface area contributed by atoms with E-state index >= 15 is 14.4 Å². The number of allylic oxidation sites excluding steroid dienone is 2. The predicted molar refractivity (Wildman–Crippen MR) is 196 cm³/mol. The lowest BCUT2D eigenvalue weighted by Gasteiger charge is -2.39. The van der Waals surface area contributed by atoms with Crippen LogP contribution in [0.15, 0.2) is 133 Å². The zero-order valence-electron chi connectivity index (χ0n) is 28.9. The Morgan fingerprint density at radius 1 is 0.596 bits per heavy atom. The highest BCUT2D eigenvalue weighted by Gasteiger charge is 2.82. The first-order chi connectivity index (χ1) is 25.3. The topological polar surface area (TPSA) is 99.2 Å². The van der Waals surface area contributed by atoms with E-state index in [1.165, 1.54) is 0 Å². The second kappa shape index (κ2) is 12.5. The van der Waals surface area contributed by atoms with Gasteiger partial charge in [0, 0.05) is 0 Å². The highest BCUT2D eigenvalue weighted by Crippen LogP contribution is 2.74. The molecule has 5 aromatic carbocycles. The number of ether oxygens (including phenoxy) is 3. The number of amides is 2. The van der Waals surface area contributed by atoms with Crippen LogP contribution in [0.25, 0.3) is 11.1 Å². The maximum absolute atomic E-state index is 16.1. The van der Waals surface area contributed by atoms with Gasteiger partial charge in [-0.15, -0.1) is 0 Å². The molecule has 1 saturated heterocycles. The van der Waals surface area contributed by atoms with Gasteiger partial charge < -0.3 is 14.2 Å². The lowest BCUT2D eigenvalue weighted by atomic mass is 9.59. The van der Waals surface area contributed by atoms with Crippen molar-refractivity contribution < 1.29 is 33.4 Å². The number of ketones is 1. The van der Waals surface area contributed by atoms with Gasteiger partial charge in [0.25, 0.3) is 0 Å². The molecular weight excluding hydrogens is 654 g/mol. The molecule has 2 bridgehead atoms. The second-order valence-corrected chi connectivity index (χ2v) is 13.1. The number of fused-ring (bicyclic) bond motifs is 5. The minimum atomic E-state index is -1.61. The average molecular weight is 690 g/mol. The van der Waals surface area contributed by atoms with Gasteiger partial charge in [-0.25, -0.2) is 9.69 Å². The van der Waals surface area contributed by atoms with E-state index in [0.29, 0.717) is 44.9 Å². The van der Waals surface area contributed by atoms with Gasteiger partial charge in [0.1, 0.15) is 11.5 Å². The minimum Gasteiger partial charge on any atom is -0.497 e. The van der Waals surface area contributed by atoms with Crippen LogP contribution < -0.4 is 14.4 Å². The Morgan fingerprint density at radius 3 is 1.44 bits per heavy atom. The average Bonchev–Trinajstić information content (AvgIpc) is 3.70. The molecule has 52 heavy (non-hydrogen) atoms. The molecule has 4 atom stereocenters. The first-order valence-corrected chi connectivity index (χ1v) is 17.2. The van der Waals surface area contributed by atoms with Crippen molar-refractivity contribution in [1.82, 2.24) is 0 Å². The molecule has 1 aliphatic heterocycles. The molecule has 2 aliphatic carbocycles. The van der Waals surface area contributed by atoms with Crippen molar-refractivity contribution in [1.29, 1.82) is 0 Å². The number of nitrogens with zero attached hydrogens (tertiary/aromatic N) is 1. The summed E-state index contributed by atoms with van der Waals surface area (Å²) in [7, 11) is 3.17. The summed E-state index contributed by atoms with van der Waals surface area (Å²) in [4.78, 5) is 61.3. The molecule has 8 rings (SSSR count). The van der Waals surface area contributed by atoms with Crippen LogP contribution in [0.5, 0.6) is 11.5 Å². The number of hydrogen-bond acceptors (Lipinski definition) is 7. The van der Waals surface area contributed by atoms with Gasteiger partial charge >= 0.3 is 5.97 Å². The number of Topliss-reactive ketones (excluding diaryl/α,β-unsaturated/α-hetero) is 1. The van der Waals surface area contributed by atoms with Crippen molar-refractivity contribution in [2.45, 2.75) is 17.8 Å². The largest absolute Gasteiger partial charge is 0.497 e. The van der Waals surface area contributed by atoms with Crippen LogP contribution in [0.1, 0.15) is 39.5 Å². The summed E-state index contributed by atoms with van der Waals surface area (Å²) >= 11 is 0. The maximum atomic E-state index is 16.1. The van der Waals surface area contributed by atoms with Crippen molar-refractivity contribution in [2.75, 3.05) is 25.7 Å². The normalized spacial score (nSPS) is 23.2. The van der Waals surface area contributed by atoms with Crippen LogP contribution in [0.4, 0.5) is 5.69 Å². The fourth-order valence-electron chi connectivity index (χ4n) is 8.93. The number of rotatable bonds is 9. The molecule has 1 heterocycles. The summed E-state index contributed by atoms with van der Waals surface area (Å²) < 4.78 is 16.4. The summed E-state index contributed by atoms with van der Waals surface area (Å²) in [5.41, 5.74) is 0.917. The van der Waals surface area contributed by atoms with Crippen molar-refractivity contribution in [3.63, 3.8) is 0 Å². The molecule has 0 radical (unpaired) electrons. The summed E-state index contributed by atoms with van der Waals surface area (Å²) in [6.45, 7) is 1.81. The number of carbonyl (C=O) groups excluding carboxylic acids is 4. The predicted octanol–water partition coefficient (Wildman–Crippen LogP) is 7.07. The number of methoxy groups -OCH3 is 2. The first kappa shape index (κ1) is 32.9. The van der Waals surface area contributed by atoms with E-state index in [0.717, 1.165) is 4.90 Å². The van der Waals surface area contributed by atoms with Crippen molar-refractivity contribution in [3.8, 4) is 11.5 Å². The molecule has 2 fully saturated rings. The number of para-hydroxylation sites is 1. The SMILES string of the molecule is CCOC(=O)c1ccccc1N1C(=O)[C@@H]2[C@@H](C1=O)[C@@]1(c3ccccc3)C(=O)[C@@]2(c2ccccc2)C(c2ccc(OC)cc2)=C1c1ccc(OC)cc1. The second-order valence-electron chi connectivity index (χ2n) is 13.1. The van der Waals surface area contributed by atoms with E-state index in [2.05, 4.69) is 0 Å². The third kappa shape index (κ3) is 4.33. The first-order valence-electron chi connectivity index (χ1n) is 17.2. The summed E-state index contributed by atoms with van der Waals surface area (Å²) in [5, 5.41) is 0. The van der Waals surface area contributed by atoms with Crippen LogP contribution in [-0.2, 0) is 30.0 Å². The fourth-order valence-corrected chi connectivity index (χ4v) is 8.93. The summed E-state index contributed by atoms with van der Waals surface area (Å²) in [6, 6.07) is 40.0. The Hall–Kier alpha value is -6.28. The standard InChI is InChI=1S/C44H35NO7/c1-4-52-41(48)33-17-11-12-18-34(33)45-39(46)37-38(40(45)47)44(30-15-9-6-10-16-30)36(28-21-25-32(51-3)26-22-28)35(27-19-23-31(50-2)24-20-27)43(37,42(44)49)29-13-7-5-8-14-29/h5-26,37-38H,4H2,1-3H3/t37-,38-,43-,44-/m0/s1. The zero-order valence-corrected chi connectivity index (χ0v) is 28.9. The lowest BCUT2D eigenvalue weighted by molar-refractivity contribution is -0.130. The molecule has 258 valence electrons. The zero-order chi connectivity index (χ0) is 36.2. The molecule has 8 heteroatoms. The Morgan fingerprint density at radius 2 is 1.02 bits per heavy atom. The van der Waals surface area contributed by atoms with Crippen LogP contribution in [0.2, 0.25) is 0 Å². The third-order valence-corrected chi connectivity index (χ3v) is 10.9. The number of benzene rings is 5. The molecular formula is C44H35NO7. The molecule has 5 aromatic rings. The van der Waals surface area contributed by atoms with Crippen molar-refractivity contribution >= 4 is 40.4 Å². The van der Waals surface area contributed by atoms with Crippen LogP contribution in [-0.4, -0.2) is 44.4 Å². The summed E-state index contributed by atoms with van der Waals surface area (Å²) in [6.07, 6.45) is 0. The highest BCUT2D eigenvalue weighted by molar-refractivity contribution is 6.39. The fraction of sp³-hybridized carbons (Fsp3) is 0.182. The molecule has 0 unspecified atom stereocenters. The van der Waals surface area contributed by atoms with Crippen LogP contribution in [0, 0.1) is 11.8 Å². The van der Waals surface area contributed by atoms with E-state index in [1.54, 1.807) is 45.4 Å². The smallest absolute Gasteiger partial charge is 0.340 e. The van der Waals surface area contributed by atoms with E-state index in [9.17, 15) is 4.79 Å². The Kier molecular flexibility index (Phi) is 7.90. The van der Waals surface area contributed by atoms with E-state index in [1.807, 2.05) is 109 Å². The number of anilines is 1. The van der Waals surface area contributed by atoms with Gasteiger partial charge in [0.2, 0.25) is 11.8 Å². The van der Waals surface area contributed by atoms with Crippen molar-refractivity contribution in [2.24, 2.45) is 11.8 Å². The van der Waals surface area contributed by atoms with Gasteiger partial charge in [0.05, 0.1) is 54.7 Å². The highest BCUT2D eigenvalue weighted by atomic mass is 16.5. The number of hydrogen-bond donors (Lipinski definition) is 0. The molecule has 0 spiro atoms. The van der Waals surface area contributed by atoms with Crippen LogP contribution >= 0.6 is 0 Å². The van der Waals surface area contributed by atoms with Crippen molar-refractivity contribution in [3.05, 3.63) is 161 Å². The number of carbonyl (C=O) groups is 4. The van der Waals surface area contributed by atoms with Gasteiger partial charge in [-0.2, -0.15) is 0 Å². The monoisotopic (exact) mass is 689 g/mol. The third-order valence-electron chi connectivity index (χ3n) is 10.9. The Bertz CT molecular complexity index is 2130. The molecule has 1 saturated carbocycles. The quantitative estimate of drug-likeness (QED) is 0.121. The molecule has 8 nitrogen and oxygen atoms in total. The van der Waals surface area contributed by atoms with E-state index < -0.39 is 40.4 Å². The van der Waals surface area contributed by atoms with Gasteiger partial charge in [-0.05, 0) is 76.7 Å². The van der Waals surface area contributed by atoms with E-state index in [-0.39, 0.29) is 23.6 Å². The molecule has 3 aliphatic rings. The van der Waals surface area contributed by atoms with Gasteiger partial charge in [-0.3, -0.25) is 14.4 Å². The maximum Gasteiger partial charge on any atom is 0.340 e.